The molecule has 0 aliphatic carbocycles. The van der Waals surface area contributed by atoms with Gasteiger partial charge >= 0.3 is 5.97 Å². The molecule has 0 radical (unpaired) electrons. The maximum Gasteiger partial charge on any atom is 0.354 e. The molecule has 0 aliphatic heterocycles. The summed E-state index contributed by atoms with van der Waals surface area (Å²) in [5.74, 6) is -1.02. The normalized spacial score (nSPS) is 10.2. The van der Waals surface area contributed by atoms with Crippen LogP contribution < -0.4 is 0 Å². The number of carboxylic acid groups (broad SMARTS) is 1. The molecule has 0 spiro atoms. The van der Waals surface area contributed by atoms with Crippen LogP contribution in [0.15, 0.2) is 46.6 Å². The van der Waals surface area contributed by atoms with Gasteiger partial charge in [-0.3, -0.25) is 0 Å². The molecule has 0 aliphatic rings. The average Bonchev–Trinajstić information content (AvgIpc) is 2.29. The molecule has 0 saturated carbocycles. The quantitative estimate of drug-likeness (QED) is 0.902. The Morgan fingerprint density at radius 2 is 2.00 bits per heavy atom. The van der Waals surface area contributed by atoms with E-state index in [1.54, 1.807) is 12.3 Å². The second kappa shape index (κ2) is 4.97. The molecule has 0 aromatic carbocycles. The monoisotopic (exact) mass is 246 g/mol. The zero-order valence-corrected chi connectivity index (χ0v) is 9.94. The van der Waals surface area contributed by atoms with Gasteiger partial charge in [-0.15, -0.1) is 0 Å². The molecule has 2 aromatic heterocycles. The first kappa shape index (κ1) is 11.6. The summed E-state index contributed by atoms with van der Waals surface area (Å²) in [7, 11) is 0. The number of aromatic nitrogens is 2. The van der Waals surface area contributed by atoms with Crippen molar-refractivity contribution in [2.45, 2.75) is 16.8 Å². The molecule has 2 heterocycles. The van der Waals surface area contributed by atoms with Crippen molar-refractivity contribution in [1.82, 2.24) is 9.97 Å². The number of hydrogen-bond acceptors (Lipinski definition) is 4. The van der Waals surface area contributed by atoms with E-state index in [1.807, 2.05) is 19.1 Å². The summed E-state index contributed by atoms with van der Waals surface area (Å²) in [6.45, 7) is 1.99. The number of pyridine rings is 2. The third kappa shape index (κ3) is 3.04. The van der Waals surface area contributed by atoms with Crippen LogP contribution in [-0.4, -0.2) is 21.0 Å². The van der Waals surface area contributed by atoms with Gasteiger partial charge in [0.15, 0.2) is 0 Å². The predicted octanol–water partition coefficient (Wildman–Crippen LogP) is 2.63. The molecule has 5 heteroatoms. The van der Waals surface area contributed by atoms with E-state index >= 15 is 0 Å². The molecule has 0 fully saturated rings. The van der Waals surface area contributed by atoms with E-state index in [4.69, 9.17) is 5.11 Å². The third-order valence-electron chi connectivity index (χ3n) is 2.06. The Morgan fingerprint density at radius 3 is 2.71 bits per heavy atom. The maximum atomic E-state index is 10.8. The minimum absolute atomic E-state index is 0.0441. The summed E-state index contributed by atoms with van der Waals surface area (Å²) in [5.41, 5.74) is 1.16. The summed E-state index contributed by atoms with van der Waals surface area (Å²) in [5, 5.41) is 9.67. The summed E-state index contributed by atoms with van der Waals surface area (Å²) >= 11 is 1.42. The van der Waals surface area contributed by atoms with E-state index in [1.165, 1.54) is 24.0 Å². The summed E-state index contributed by atoms with van der Waals surface area (Å²) in [6, 6.07) is 7.17. The number of rotatable bonds is 3. The lowest BCUT2D eigenvalue weighted by molar-refractivity contribution is 0.0690. The topological polar surface area (TPSA) is 63.1 Å². The lowest BCUT2D eigenvalue weighted by Crippen LogP contribution is -1.99. The van der Waals surface area contributed by atoms with Gasteiger partial charge in [-0.2, -0.15) is 0 Å². The lowest BCUT2D eigenvalue weighted by Gasteiger charge is -2.02. The van der Waals surface area contributed by atoms with Crippen molar-refractivity contribution in [2.24, 2.45) is 0 Å². The van der Waals surface area contributed by atoms with E-state index in [9.17, 15) is 4.79 Å². The number of hydrogen-bond donors (Lipinski definition) is 1. The Morgan fingerprint density at radius 1 is 1.24 bits per heavy atom. The van der Waals surface area contributed by atoms with Crippen molar-refractivity contribution in [2.75, 3.05) is 0 Å². The molecule has 4 nitrogen and oxygen atoms in total. The van der Waals surface area contributed by atoms with Crippen LogP contribution in [0.3, 0.4) is 0 Å². The van der Waals surface area contributed by atoms with Gasteiger partial charge in [0.05, 0.1) is 0 Å². The molecule has 17 heavy (non-hydrogen) atoms. The molecule has 2 aromatic rings. The molecule has 86 valence electrons. The van der Waals surface area contributed by atoms with Gasteiger partial charge in [-0.05, 0) is 36.8 Å². The zero-order chi connectivity index (χ0) is 12.3. The van der Waals surface area contributed by atoms with Crippen molar-refractivity contribution in [3.63, 3.8) is 0 Å². The maximum absolute atomic E-state index is 10.8. The van der Waals surface area contributed by atoms with Crippen LogP contribution in [0.5, 0.6) is 0 Å². The SMILES string of the molecule is Cc1ccnc(Sc2ccnc(C(=O)O)c2)c1. The van der Waals surface area contributed by atoms with Gasteiger partial charge in [-0.25, -0.2) is 14.8 Å². The Hall–Kier alpha value is -1.88. The highest BCUT2D eigenvalue weighted by molar-refractivity contribution is 7.99. The number of carboxylic acids is 1. The molecule has 0 saturated heterocycles. The van der Waals surface area contributed by atoms with Crippen LogP contribution in [0, 0.1) is 6.92 Å². The average molecular weight is 246 g/mol. The van der Waals surface area contributed by atoms with Crippen LogP contribution in [0.4, 0.5) is 0 Å². The predicted molar refractivity (Wildman–Crippen MR) is 64.3 cm³/mol. The smallest absolute Gasteiger partial charge is 0.354 e. The molecule has 0 bridgehead atoms. The molecule has 0 amide bonds. The van der Waals surface area contributed by atoms with Crippen LogP contribution in [0.2, 0.25) is 0 Å². The highest BCUT2D eigenvalue weighted by atomic mass is 32.2. The summed E-state index contributed by atoms with van der Waals surface area (Å²) in [4.78, 5) is 19.6. The van der Waals surface area contributed by atoms with Crippen molar-refractivity contribution >= 4 is 17.7 Å². The summed E-state index contributed by atoms with van der Waals surface area (Å²) in [6.07, 6.45) is 3.22. The van der Waals surface area contributed by atoms with Crippen LogP contribution >= 0.6 is 11.8 Å². The molecule has 0 unspecified atom stereocenters. The molecule has 1 N–H and O–H groups in total. The van der Waals surface area contributed by atoms with E-state index < -0.39 is 5.97 Å². The minimum atomic E-state index is -1.02. The molecule has 0 atom stereocenters. The zero-order valence-electron chi connectivity index (χ0n) is 9.12. The van der Waals surface area contributed by atoms with Crippen LogP contribution in [0.1, 0.15) is 16.1 Å². The highest BCUT2D eigenvalue weighted by Crippen LogP contribution is 2.26. The Balaban J connectivity index is 2.24. The number of carbonyl (C=O) groups is 1. The van der Waals surface area contributed by atoms with E-state index in [-0.39, 0.29) is 5.69 Å². The number of aromatic carboxylic acids is 1. The molecular weight excluding hydrogens is 236 g/mol. The van der Waals surface area contributed by atoms with Gasteiger partial charge < -0.3 is 5.11 Å². The van der Waals surface area contributed by atoms with E-state index in [2.05, 4.69) is 9.97 Å². The molecule has 2 rings (SSSR count). The highest BCUT2D eigenvalue weighted by Gasteiger charge is 2.06. The molecular formula is C12H10N2O2S. The van der Waals surface area contributed by atoms with Crippen molar-refractivity contribution in [1.29, 1.82) is 0 Å². The number of aryl methyl sites for hydroxylation is 1. The van der Waals surface area contributed by atoms with Crippen molar-refractivity contribution in [3.8, 4) is 0 Å². The lowest BCUT2D eigenvalue weighted by atomic mass is 10.3. The van der Waals surface area contributed by atoms with E-state index in [0.29, 0.717) is 0 Å². The second-order valence-electron chi connectivity index (χ2n) is 3.46. The largest absolute Gasteiger partial charge is 0.477 e. The fraction of sp³-hybridized carbons (Fsp3) is 0.0833. The van der Waals surface area contributed by atoms with Crippen LogP contribution in [0.25, 0.3) is 0 Å². The van der Waals surface area contributed by atoms with Gasteiger partial charge in [0.1, 0.15) is 10.7 Å². The minimum Gasteiger partial charge on any atom is -0.477 e. The first-order valence-electron chi connectivity index (χ1n) is 4.95. The Kier molecular flexibility index (Phi) is 3.39. The first-order chi connectivity index (χ1) is 8.15. The summed E-state index contributed by atoms with van der Waals surface area (Å²) < 4.78 is 0. The Bertz CT molecular complexity index is 558. The second-order valence-corrected chi connectivity index (χ2v) is 4.55. The van der Waals surface area contributed by atoms with Crippen molar-refractivity contribution in [3.05, 3.63) is 47.9 Å². The fourth-order valence-electron chi connectivity index (χ4n) is 1.28. The van der Waals surface area contributed by atoms with Gasteiger partial charge in [-0.1, -0.05) is 11.8 Å². The number of nitrogens with zero attached hydrogens (tertiary/aromatic N) is 2. The van der Waals surface area contributed by atoms with Gasteiger partial charge in [0, 0.05) is 17.3 Å². The third-order valence-corrected chi connectivity index (χ3v) is 2.99. The standard InChI is InChI=1S/C12H10N2O2S/c1-8-2-4-14-11(6-8)17-9-3-5-13-10(7-9)12(15)16/h2-7H,1H3,(H,15,16). The van der Waals surface area contributed by atoms with Crippen molar-refractivity contribution < 1.29 is 9.90 Å². The van der Waals surface area contributed by atoms with Crippen LogP contribution in [-0.2, 0) is 0 Å². The fourth-order valence-corrected chi connectivity index (χ4v) is 2.18. The van der Waals surface area contributed by atoms with Gasteiger partial charge in [0.25, 0.3) is 0 Å². The van der Waals surface area contributed by atoms with Gasteiger partial charge in [0.2, 0.25) is 0 Å². The van der Waals surface area contributed by atoms with E-state index in [0.717, 1.165) is 15.5 Å². The Labute approximate surface area is 103 Å². The first-order valence-corrected chi connectivity index (χ1v) is 5.76.